The van der Waals surface area contributed by atoms with Gasteiger partial charge < -0.3 is 15.3 Å². The van der Waals surface area contributed by atoms with Crippen molar-refractivity contribution in [3.63, 3.8) is 0 Å². The number of para-hydroxylation sites is 1. The van der Waals surface area contributed by atoms with Crippen molar-refractivity contribution in [1.29, 1.82) is 0 Å². The van der Waals surface area contributed by atoms with Crippen LogP contribution in [0.2, 0.25) is 0 Å². The van der Waals surface area contributed by atoms with Gasteiger partial charge in [0.25, 0.3) is 0 Å². The van der Waals surface area contributed by atoms with Crippen LogP contribution in [0, 0.1) is 11.8 Å². The van der Waals surface area contributed by atoms with Gasteiger partial charge in [0.05, 0.1) is 18.7 Å². The maximum absolute atomic E-state index is 13.4. The molecule has 2 N–H and O–H groups in total. The van der Waals surface area contributed by atoms with Crippen molar-refractivity contribution in [1.82, 2.24) is 5.32 Å². The largest absolute Gasteiger partial charge is 0.481 e. The van der Waals surface area contributed by atoms with Crippen LogP contribution in [0.3, 0.4) is 0 Å². The number of aliphatic carboxylic acids is 1. The molecule has 0 spiro atoms. The average molecular weight is 454 g/mol. The van der Waals surface area contributed by atoms with Crippen molar-refractivity contribution >= 4 is 29.3 Å². The summed E-state index contributed by atoms with van der Waals surface area (Å²) < 4.78 is 12.9. The number of carboxylic acids is 1. The first-order valence-electron chi connectivity index (χ1n) is 10.8. The molecule has 0 aromatic heterocycles. The Balaban J connectivity index is 1.81. The van der Waals surface area contributed by atoms with Crippen molar-refractivity contribution < 1.29 is 28.7 Å². The van der Waals surface area contributed by atoms with Crippen LogP contribution >= 0.6 is 0 Å². The molecule has 1 aliphatic rings. The Kier molecular flexibility index (Phi) is 7.58. The zero-order chi connectivity index (χ0) is 24.1. The molecule has 1 aliphatic heterocycles. The number of ketones is 1. The van der Waals surface area contributed by atoms with Crippen LogP contribution in [0.5, 0.6) is 0 Å². The Morgan fingerprint density at radius 3 is 2.27 bits per heavy atom. The normalized spacial score (nSPS) is 14.1. The van der Waals surface area contributed by atoms with Gasteiger partial charge in [0.2, 0.25) is 11.8 Å². The zero-order valence-corrected chi connectivity index (χ0v) is 18.6. The number of hydrogen-bond donors (Lipinski definition) is 2. The lowest BCUT2D eigenvalue weighted by atomic mass is 9.89. The second-order valence-electron chi connectivity index (χ2n) is 8.47. The predicted molar refractivity (Wildman–Crippen MR) is 121 cm³/mol. The van der Waals surface area contributed by atoms with Crippen molar-refractivity contribution in [3.8, 4) is 11.1 Å². The molecule has 3 rings (SSSR count). The molecule has 2 aromatic rings. The highest BCUT2D eigenvalue weighted by Gasteiger charge is 2.33. The molecule has 1 unspecified atom stereocenters. The van der Waals surface area contributed by atoms with Gasteiger partial charge in [-0.1, -0.05) is 56.3 Å². The molecule has 0 aliphatic carbocycles. The van der Waals surface area contributed by atoms with Crippen LogP contribution in [0.25, 0.3) is 11.1 Å². The first-order valence-corrected chi connectivity index (χ1v) is 10.8. The van der Waals surface area contributed by atoms with Gasteiger partial charge in [-0.15, -0.1) is 0 Å². The standard InChI is InChI=1S/C25H27FN2O5/c1-15(2)19(25(33)27-20(12-24(31)32)22(29)13-26)11-23(30)28-14-16-7-3-4-8-17(16)18-9-5-6-10-21(18)28/h3-10,15,19-20H,11-14H2,1-2H3,(H,27,33)(H,31,32)/t19-,20?/m1/s1. The Bertz CT molecular complexity index is 1070. The third kappa shape index (κ3) is 5.45. The summed E-state index contributed by atoms with van der Waals surface area (Å²) in [5.41, 5.74) is 3.72. The number of amides is 2. The van der Waals surface area contributed by atoms with E-state index in [-0.39, 0.29) is 18.2 Å². The zero-order valence-electron chi connectivity index (χ0n) is 18.6. The van der Waals surface area contributed by atoms with E-state index in [9.17, 15) is 23.6 Å². The maximum atomic E-state index is 13.4. The van der Waals surface area contributed by atoms with Gasteiger partial charge in [0.1, 0.15) is 12.7 Å². The molecule has 2 amide bonds. The molecule has 7 nitrogen and oxygen atoms in total. The van der Waals surface area contributed by atoms with Crippen LogP contribution in [0.4, 0.5) is 10.1 Å². The second kappa shape index (κ2) is 10.4. The van der Waals surface area contributed by atoms with Crippen molar-refractivity contribution in [2.24, 2.45) is 11.8 Å². The van der Waals surface area contributed by atoms with E-state index < -0.39 is 42.7 Å². The van der Waals surface area contributed by atoms with E-state index >= 15 is 0 Å². The van der Waals surface area contributed by atoms with Crippen molar-refractivity contribution in [3.05, 3.63) is 54.1 Å². The Hall–Kier alpha value is -3.55. The molecule has 0 bridgehead atoms. The first-order chi connectivity index (χ1) is 15.7. The van der Waals surface area contributed by atoms with Gasteiger partial charge in [0, 0.05) is 17.9 Å². The Labute approximate surface area is 191 Å². The lowest BCUT2D eigenvalue weighted by Crippen LogP contribution is -2.47. The topological polar surface area (TPSA) is 104 Å². The molecule has 0 fully saturated rings. The van der Waals surface area contributed by atoms with Crippen molar-refractivity contribution in [2.75, 3.05) is 11.6 Å². The number of fused-ring (bicyclic) bond motifs is 3. The smallest absolute Gasteiger partial charge is 0.305 e. The number of hydrogen-bond acceptors (Lipinski definition) is 4. The van der Waals surface area contributed by atoms with Gasteiger partial charge in [-0.3, -0.25) is 19.2 Å². The van der Waals surface area contributed by atoms with Crippen LogP contribution in [0.15, 0.2) is 48.5 Å². The summed E-state index contributed by atoms with van der Waals surface area (Å²) in [5.74, 6) is -4.34. The molecule has 2 aromatic carbocycles. The van der Waals surface area contributed by atoms with Gasteiger partial charge >= 0.3 is 5.97 Å². The number of alkyl halides is 1. The van der Waals surface area contributed by atoms with Crippen LogP contribution in [-0.2, 0) is 25.7 Å². The average Bonchev–Trinajstić information content (AvgIpc) is 2.80. The second-order valence-corrected chi connectivity index (χ2v) is 8.47. The minimum absolute atomic E-state index is 0.135. The molecule has 1 heterocycles. The molecule has 0 saturated carbocycles. The Morgan fingerprint density at radius 2 is 1.64 bits per heavy atom. The molecule has 174 valence electrons. The van der Waals surface area contributed by atoms with E-state index in [0.29, 0.717) is 6.54 Å². The molecule has 33 heavy (non-hydrogen) atoms. The third-order valence-corrected chi connectivity index (χ3v) is 5.88. The maximum Gasteiger partial charge on any atom is 0.305 e. The van der Waals surface area contributed by atoms with E-state index in [4.69, 9.17) is 5.11 Å². The minimum atomic E-state index is -1.47. The molecular weight excluding hydrogens is 427 g/mol. The van der Waals surface area contributed by atoms with Gasteiger partial charge in [-0.25, -0.2) is 4.39 Å². The number of rotatable bonds is 9. The number of nitrogens with zero attached hydrogens (tertiary/aromatic N) is 1. The summed E-state index contributed by atoms with van der Waals surface area (Å²) in [7, 11) is 0. The number of nitrogens with one attached hydrogen (secondary N) is 1. The molecule has 0 radical (unpaired) electrons. The van der Waals surface area contributed by atoms with Gasteiger partial charge in [0.15, 0.2) is 5.78 Å². The van der Waals surface area contributed by atoms with Crippen LogP contribution in [-0.4, -0.2) is 41.4 Å². The quantitative estimate of drug-likeness (QED) is 0.605. The number of carbonyl (C=O) groups is 4. The SMILES string of the molecule is CC(C)[C@@H](CC(=O)N1Cc2ccccc2-c2ccccc21)C(=O)NC(CC(=O)O)C(=O)CF. The van der Waals surface area contributed by atoms with E-state index in [1.165, 1.54) is 0 Å². The van der Waals surface area contributed by atoms with Crippen LogP contribution in [0.1, 0.15) is 32.3 Å². The molecule has 2 atom stereocenters. The third-order valence-electron chi connectivity index (χ3n) is 5.88. The fourth-order valence-electron chi connectivity index (χ4n) is 4.06. The van der Waals surface area contributed by atoms with E-state index in [2.05, 4.69) is 5.32 Å². The molecular formula is C25H27FN2O5. The minimum Gasteiger partial charge on any atom is -0.481 e. The van der Waals surface area contributed by atoms with E-state index in [1.54, 1.807) is 18.7 Å². The first kappa shape index (κ1) is 24.1. The summed E-state index contributed by atoms with van der Waals surface area (Å²) in [6.45, 7) is 2.51. The highest BCUT2D eigenvalue weighted by molar-refractivity contribution is 6.02. The predicted octanol–water partition coefficient (Wildman–Crippen LogP) is 3.36. The number of halogens is 1. The fourth-order valence-corrected chi connectivity index (χ4v) is 4.06. The van der Waals surface area contributed by atoms with Gasteiger partial charge in [-0.2, -0.15) is 0 Å². The Morgan fingerprint density at radius 1 is 1.00 bits per heavy atom. The number of carbonyl (C=O) groups excluding carboxylic acids is 3. The van der Waals surface area contributed by atoms with E-state index in [1.807, 2.05) is 48.5 Å². The molecule has 8 heteroatoms. The summed E-state index contributed by atoms with van der Waals surface area (Å²) in [6.07, 6.45) is -0.854. The monoisotopic (exact) mass is 454 g/mol. The summed E-state index contributed by atoms with van der Waals surface area (Å²) in [5, 5.41) is 11.3. The number of anilines is 1. The van der Waals surface area contributed by atoms with E-state index in [0.717, 1.165) is 22.4 Å². The highest BCUT2D eigenvalue weighted by Crippen LogP contribution is 2.39. The highest BCUT2D eigenvalue weighted by atomic mass is 19.1. The lowest BCUT2D eigenvalue weighted by molar-refractivity contribution is -0.141. The lowest BCUT2D eigenvalue weighted by Gasteiger charge is -2.33. The summed E-state index contributed by atoms with van der Waals surface area (Å²) in [6, 6.07) is 13.9. The fraction of sp³-hybridized carbons (Fsp3) is 0.360. The van der Waals surface area contributed by atoms with Crippen LogP contribution < -0.4 is 10.2 Å². The number of Topliss-reactive ketones (excluding diaryl/α,β-unsaturated/α-hetero) is 1. The summed E-state index contributed by atoms with van der Waals surface area (Å²) in [4.78, 5) is 50.7. The summed E-state index contributed by atoms with van der Waals surface area (Å²) >= 11 is 0. The van der Waals surface area contributed by atoms with Crippen molar-refractivity contribution in [2.45, 2.75) is 39.3 Å². The molecule has 0 saturated heterocycles. The number of benzene rings is 2. The number of carboxylic acid groups (broad SMARTS) is 1. The van der Waals surface area contributed by atoms with Gasteiger partial charge in [-0.05, 0) is 23.1 Å².